The SMILES string of the molecule is [2H]c1cccc(-c2ccc(Oc3cccc(N)c3)c([2H])c2Oc2cccc(N)c2)c1. The quantitative estimate of drug-likeness (QED) is 0.416. The van der Waals surface area contributed by atoms with Crippen molar-refractivity contribution in [3.8, 4) is 34.1 Å². The molecule has 0 aromatic heterocycles. The summed E-state index contributed by atoms with van der Waals surface area (Å²) in [6.45, 7) is 0. The number of hydrogen-bond donors (Lipinski definition) is 2. The van der Waals surface area contributed by atoms with Gasteiger partial charge in [0.25, 0.3) is 0 Å². The first-order valence-corrected chi connectivity index (χ1v) is 8.77. The molecular weight excluding hydrogens is 348 g/mol. The second kappa shape index (κ2) is 7.76. The van der Waals surface area contributed by atoms with Gasteiger partial charge in [-0.15, -0.1) is 0 Å². The lowest BCUT2D eigenvalue weighted by Crippen LogP contribution is -1.92. The summed E-state index contributed by atoms with van der Waals surface area (Å²) in [6, 6.07) is 25.1. The topological polar surface area (TPSA) is 70.5 Å². The summed E-state index contributed by atoms with van der Waals surface area (Å²) < 4.78 is 28.6. The van der Waals surface area contributed by atoms with Crippen LogP contribution in [0.25, 0.3) is 11.1 Å². The molecule has 28 heavy (non-hydrogen) atoms. The summed E-state index contributed by atoms with van der Waals surface area (Å²) in [5.41, 5.74) is 14.3. The van der Waals surface area contributed by atoms with Crippen LogP contribution < -0.4 is 20.9 Å². The Hall–Kier alpha value is -3.92. The molecule has 4 nitrogen and oxygen atoms in total. The van der Waals surface area contributed by atoms with Crippen LogP contribution in [0.15, 0.2) is 97.0 Å². The molecule has 0 bridgehead atoms. The third-order valence-electron chi connectivity index (χ3n) is 4.06. The monoisotopic (exact) mass is 370 g/mol. The lowest BCUT2D eigenvalue weighted by atomic mass is 10.0. The molecule has 0 radical (unpaired) electrons. The summed E-state index contributed by atoms with van der Waals surface area (Å²) in [5.74, 6) is 1.67. The molecule has 0 aliphatic rings. The van der Waals surface area contributed by atoms with E-state index in [2.05, 4.69) is 0 Å². The van der Waals surface area contributed by atoms with E-state index in [9.17, 15) is 0 Å². The van der Waals surface area contributed by atoms with E-state index in [0.717, 1.165) is 5.56 Å². The predicted octanol–water partition coefficient (Wildman–Crippen LogP) is 6.10. The number of benzene rings is 4. The fourth-order valence-corrected chi connectivity index (χ4v) is 2.78. The van der Waals surface area contributed by atoms with E-state index in [1.807, 2.05) is 12.1 Å². The summed E-state index contributed by atoms with van der Waals surface area (Å²) in [7, 11) is 0. The Morgan fingerprint density at radius 1 is 0.643 bits per heavy atom. The molecule has 4 rings (SSSR count). The minimum absolute atomic E-state index is 0.0766. The van der Waals surface area contributed by atoms with E-state index in [1.54, 1.807) is 72.8 Å². The number of ether oxygens (including phenoxy) is 2. The van der Waals surface area contributed by atoms with Crippen LogP contribution in [-0.4, -0.2) is 0 Å². The molecule has 0 atom stereocenters. The first-order valence-electron chi connectivity index (χ1n) is 9.77. The molecule has 0 spiro atoms. The Bertz CT molecular complexity index is 1210. The highest BCUT2D eigenvalue weighted by molar-refractivity contribution is 5.72. The third kappa shape index (κ3) is 4.07. The van der Waals surface area contributed by atoms with E-state index in [4.69, 9.17) is 23.7 Å². The molecular formula is C24H20N2O2. The maximum atomic E-state index is 8.74. The summed E-state index contributed by atoms with van der Waals surface area (Å²) in [5, 5.41) is 0. The van der Waals surface area contributed by atoms with Gasteiger partial charge in [-0.3, -0.25) is 0 Å². The molecule has 0 fully saturated rings. The van der Waals surface area contributed by atoms with Crippen LogP contribution in [0.5, 0.6) is 23.0 Å². The van der Waals surface area contributed by atoms with Gasteiger partial charge in [-0.25, -0.2) is 0 Å². The highest BCUT2D eigenvalue weighted by atomic mass is 16.5. The van der Waals surface area contributed by atoms with Gasteiger partial charge in [0.1, 0.15) is 23.0 Å². The van der Waals surface area contributed by atoms with Gasteiger partial charge in [-0.05, 0) is 42.0 Å². The first-order chi connectivity index (χ1) is 14.5. The smallest absolute Gasteiger partial charge is 0.138 e. The second-order valence-electron chi connectivity index (χ2n) is 6.21. The number of rotatable bonds is 5. The molecule has 0 aliphatic carbocycles. The molecule has 0 aliphatic heterocycles. The van der Waals surface area contributed by atoms with E-state index in [0.29, 0.717) is 46.0 Å². The minimum atomic E-state index is 0.0766. The molecule has 138 valence electrons. The largest absolute Gasteiger partial charge is 0.457 e. The van der Waals surface area contributed by atoms with Crippen LogP contribution in [-0.2, 0) is 0 Å². The van der Waals surface area contributed by atoms with Crippen molar-refractivity contribution in [1.29, 1.82) is 0 Å². The number of anilines is 2. The lowest BCUT2D eigenvalue weighted by molar-refractivity contribution is 0.462. The number of nitrogen functional groups attached to an aromatic ring is 2. The Morgan fingerprint density at radius 3 is 2.04 bits per heavy atom. The van der Waals surface area contributed by atoms with Crippen molar-refractivity contribution in [1.82, 2.24) is 0 Å². The van der Waals surface area contributed by atoms with Crippen molar-refractivity contribution in [2.45, 2.75) is 0 Å². The van der Waals surface area contributed by atoms with Crippen molar-refractivity contribution in [3.63, 3.8) is 0 Å². The van der Waals surface area contributed by atoms with E-state index in [-0.39, 0.29) is 6.04 Å². The standard InChI is InChI=1S/C24H20N2O2/c25-18-8-4-10-20(14-18)27-22-12-13-23(17-6-2-1-3-7-17)24(16-22)28-21-11-5-9-19(26)15-21/h1-16H,25-26H2/i2D,16D. The molecule has 0 amide bonds. The summed E-state index contributed by atoms with van der Waals surface area (Å²) in [6.07, 6.45) is 0. The van der Waals surface area contributed by atoms with Crippen molar-refractivity contribution >= 4 is 11.4 Å². The number of nitrogens with two attached hydrogens (primary N) is 2. The average molecular weight is 370 g/mol. The maximum absolute atomic E-state index is 8.74. The Kier molecular flexibility index (Phi) is 4.20. The minimum Gasteiger partial charge on any atom is -0.457 e. The van der Waals surface area contributed by atoms with E-state index < -0.39 is 0 Å². The summed E-state index contributed by atoms with van der Waals surface area (Å²) >= 11 is 0. The third-order valence-corrected chi connectivity index (χ3v) is 4.06. The van der Waals surface area contributed by atoms with Crippen LogP contribution in [0.2, 0.25) is 0 Å². The molecule has 0 unspecified atom stereocenters. The van der Waals surface area contributed by atoms with Gasteiger partial charge in [-0.2, -0.15) is 0 Å². The zero-order valence-electron chi connectivity index (χ0n) is 17.1. The molecule has 4 heteroatoms. The first kappa shape index (κ1) is 15.2. The zero-order chi connectivity index (χ0) is 21.1. The molecule has 0 saturated carbocycles. The van der Waals surface area contributed by atoms with E-state index >= 15 is 0 Å². The van der Waals surface area contributed by atoms with Crippen molar-refractivity contribution in [2.75, 3.05) is 11.5 Å². The second-order valence-corrected chi connectivity index (χ2v) is 6.21. The lowest BCUT2D eigenvalue weighted by Gasteiger charge is -2.14. The van der Waals surface area contributed by atoms with Gasteiger partial charge in [0.15, 0.2) is 0 Å². The Morgan fingerprint density at radius 2 is 1.36 bits per heavy atom. The molecule has 4 aromatic carbocycles. The van der Waals surface area contributed by atoms with Crippen LogP contribution >= 0.6 is 0 Å². The van der Waals surface area contributed by atoms with Gasteiger partial charge >= 0.3 is 0 Å². The van der Waals surface area contributed by atoms with Gasteiger partial charge in [0.05, 0.1) is 2.74 Å². The van der Waals surface area contributed by atoms with Crippen LogP contribution in [0.3, 0.4) is 0 Å². The van der Waals surface area contributed by atoms with Gasteiger partial charge in [0.2, 0.25) is 0 Å². The Labute approximate surface area is 166 Å². The van der Waals surface area contributed by atoms with Gasteiger partial charge < -0.3 is 20.9 Å². The van der Waals surface area contributed by atoms with Crippen LogP contribution in [0.1, 0.15) is 2.74 Å². The Balaban J connectivity index is 1.81. The molecule has 4 aromatic rings. The van der Waals surface area contributed by atoms with Gasteiger partial charge in [-0.1, -0.05) is 42.4 Å². The van der Waals surface area contributed by atoms with Crippen molar-refractivity contribution in [2.24, 2.45) is 0 Å². The normalized spacial score (nSPS) is 11.4. The van der Waals surface area contributed by atoms with Crippen LogP contribution in [0.4, 0.5) is 11.4 Å². The van der Waals surface area contributed by atoms with Gasteiger partial charge in [0, 0.05) is 35.1 Å². The van der Waals surface area contributed by atoms with E-state index in [1.165, 1.54) is 0 Å². The molecule has 0 heterocycles. The fraction of sp³-hybridized carbons (Fsp3) is 0. The zero-order valence-corrected chi connectivity index (χ0v) is 15.1. The summed E-state index contributed by atoms with van der Waals surface area (Å²) in [4.78, 5) is 0. The predicted molar refractivity (Wildman–Crippen MR) is 114 cm³/mol. The van der Waals surface area contributed by atoms with Crippen LogP contribution in [0, 0.1) is 0 Å². The maximum Gasteiger partial charge on any atom is 0.138 e. The average Bonchev–Trinajstić information content (AvgIpc) is 2.71. The fourth-order valence-electron chi connectivity index (χ4n) is 2.78. The van der Waals surface area contributed by atoms with Crippen molar-refractivity contribution < 1.29 is 12.2 Å². The molecule has 0 saturated heterocycles. The highest BCUT2D eigenvalue weighted by Crippen LogP contribution is 2.38. The molecule has 4 N–H and O–H groups in total. The highest BCUT2D eigenvalue weighted by Gasteiger charge is 2.11. The van der Waals surface area contributed by atoms with Crippen molar-refractivity contribution in [3.05, 3.63) is 97.0 Å². The number of hydrogen-bond acceptors (Lipinski definition) is 4.